The van der Waals surface area contributed by atoms with E-state index in [1.165, 1.54) is 19.4 Å². The molecule has 122 valence electrons. The number of likely N-dealkylation sites (tertiary alicyclic amines) is 1. The number of piperidine rings is 1. The Balaban J connectivity index is 1.71. The summed E-state index contributed by atoms with van der Waals surface area (Å²) in [6.07, 6.45) is 10.00. The van der Waals surface area contributed by atoms with Crippen LogP contribution >= 0.6 is 11.3 Å². The Hall–Kier alpha value is -1.20. The van der Waals surface area contributed by atoms with Gasteiger partial charge in [-0.2, -0.15) is 0 Å². The first-order valence-electron chi connectivity index (χ1n) is 8.24. The Kier molecular flexibility index (Phi) is 7.06. The average Bonchev–Trinajstić information content (AvgIpc) is 3.05. The normalized spacial score (nSPS) is 16.8. The van der Waals surface area contributed by atoms with Crippen LogP contribution in [0.5, 0.6) is 0 Å². The molecule has 2 heterocycles. The van der Waals surface area contributed by atoms with E-state index in [0.717, 1.165) is 43.4 Å². The predicted molar refractivity (Wildman–Crippen MR) is 92.9 cm³/mol. The van der Waals surface area contributed by atoms with Crippen LogP contribution in [0.3, 0.4) is 0 Å². The summed E-state index contributed by atoms with van der Waals surface area (Å²) in [5.41, 5.74) is 0. The summed E-state index contributed by atoms with van der Waals surface area (Å²) < 4.78 is 0. The maximum atomic E-state index is 12.2. The van der Waals surface area contributed by atoms with Crippen LogP contribution in [0.4, 0.5) is 0 Å². The molecule has 22 heavy (non-hydrogen) atoms. The summed E-state index contributed by atoms with van der Waals surface area (Å²) in [6.45, 7) is 6.35. The van der Waals surface area contributed by atoms with Crippen LogP contribution in [0.15, 0.2) is 17.7 Å². The molecule has 1 fully saturated rings. The van der Waals surface area contributed by atoms with E-state index < -0.39 is 0 Å². The number of hydrogen-bond donors (Lipinski definition) is 0. The van der Waals surface area contributed by atoms with Crippen molar-refractivity contribution in [2.75, 3.05) is 33.2 Å². The smallest absolute Gasteiger partial charge is 0.246 e. The third-order valence-corrected chi connectivity index (χ3v) is 4.95. The van der Waals surface area contributed by atoms with Crippen molar-refractivity contribution < 1.29 is 4.79 Å². The SMILES string of the molecule is CCCCN(C)CC1CCN(C(=O)C=Cc2nccs2)CC1. The molecule has 1 aromatic heterocycles. The molecule has 1 aliphatic rings. The Morgan fingerprint density at radius 2 is 2.27 bits per heavy atom. The fraction of sp³-hybridized carbons (Fsp3) is 0.647. The molecular formula is C17H27N3OS. The highest BCUT2D eigenvalue weighted by atomic mass is 32.1. The van der Waals surface area contributed by atoms with Crippen molar-refractivity contribution in [1.29, 1.82) is 0 Å². The summed E-state index contributed by atoms with van der Waals surface area (Å²) >= 11 is 1.55. The van der Waals surface area contributed by atoms with Crippen LogP contribution in [-0.4, -0.2) is 53.9 Å². The second kappa shape index (κ2) is 9.06. The lowest BCUT2D eigenvalue weighted by Crippen LogP contribution is -2.40. The number of rotatable bonds is 7. The molecule has 0 aliphatic carbocycles. The Labute approximate surface area is 137 Å². The first kappa shape index (κ1) is 17.2. The first-order chi connectivity index (χ1) is 10.7. The van der Waals surface area contributed by atoms with Crippen LogP contribution in [0.1, 0.15) is 37.6 Å². The predicted octanol–water partition coefficient (Wildman–Crippen LogP) is 3.13. The standard InChI is InChI=1S/C17H27N3OS/c1-3-4-10-19(2)14-15-7-11-20(12-8-15)17(21)6-5-16-18-9-13-22-16/h5-6,9,13,15H,3-4,7-8,10-12,14H2,1-2H3. The fourth-order valence-corrected chi connectivity index (χ4v) is 3.39. The van der Waals surface area contributed by atoms with Crippen molar-refractivity contribution in [3.8, 4) is 0 Å². The van der Waals surface area contributed by atoms with Crippen molar-refractivity contribution >= 4 is 23.3 Å². The second-order valence-electron chi connectivity index (χ2n) is 6.09. The van der Waals surface area contributed by atoms with Crippen LogP contribution < -0.4 is 0 Å². The topological polar surface area (TPSA) is 36.4 Å². The van der Waals surface area contributed by atoms with Gasteiger partial charge >= 0.3 is 0 Å². The van der Waals surface area contributed by atoms with E-state index in [1.54, 1.807) is 23.6 Å². The number of aromatic nitrogens is 1. The van der Waals surface area contributed by atoms with E-state index in [2.05, 4.69) is 23.9 Å². The monoisotopic (exact) mass is 321 g/mol. The Morgan fingerprint density at radius 3 is 2.91 bits per heavy atom. The number of amides is 1. The molecule has 1 aromatic rings. The molecule has 0 saturated carbocycles. The molecular weight excluding hydrogens is 294 g/mol. The zero-order valence-electron chi connectivity index (χ0n) is 13.7. The lowest BCUT2D eigenvalue weighted by Gasteiger charge is -2.33. The molecule has 2 rings (SSSR count). The van der Waals surface area contributed by atoms with Gasteiger partial charge in [0.2, 0.25) is 5.91 Å². The average molecular weight is 321 g/mol. The molecule has 1 saturated heterocycles. The summed E-state index contributed by atoms with van der Waals surface area (Å²) in [7, 11) is 2.21. The molecule has 0 radical (unpaired) electrons. The lowest BCUT2D eigenvalue weighted by molar-refractivity contribution is -0.127. The van der Waals surface area contributed by atoms with Gasteiger partial charge in [-0.25, -0.2) is 4.98 Å². The highest BCUT2D eigenvalue weighted by Crippen LogP contribution is 2.19. The molecule has 1 aliphatic heterocycles. The molecule has 0 N–H and O–H groups in total. The molecule has 4 nitrogen and oxygen atoms in total. The van der Waals surface area contributed by atoms with E-state index in [4.69, 9.17) is 0 Å². The van der Waals surface area contributed by atoms with Crippen molar-refractivity contribution in [1.82, 2.24) is 14.8 Å². The van der Waals surface area contributed by atoms with Crippen molar-refractivity contribution in [3.05, 3.63) is 22.7 Å². The van der Waals surface area contributed by atoms with Crippen LogP contribution in [0.2, 0.25) is 0 Å². The third-order valence-electron chi connectivity index (χ3n) is 4.21. The number of carbonyl (C=O) groups excluding carboxylic acids is 1. The summed E-state index contributed by atoms with van der Waals surface area (Å²) in [4.78, 5) is 20.7. The zero-order chi connectivity index (χ0) is 15.8. The van der Waals surface area contributed by atoms with Crippen molar-refractivity contribution in [2.24, 2.45) is 5.92 Å². The molecule has 0 atom stereocenters. The van der Waals surface area contributed by atoms with Gasteiger partial charge in [-0.15, -0.1) is 11.3 Å². The largest absolute Gasteiger partial charge is 0.339 e. The quantitative estimate of drug-likeness (QED) is 0.724. The molecule has 1 amide bonds. The van der Waals surface area contributed by atoms with Crippen molar-refractivity contribution in [3.63, 3.8) is 0 Å². The van der Waals surface area contributed by atoms with E-state index in [1.807, 2.05) is 16.4 Å². The number of nitrogens with zero attached hydrogens (tertiary/aromatic N) is 3. The van der Waals surface area contributed by atoms with Gasteiger partial charge in [0.25, 0.3) is 0 Å². The maximum absolute atomic E-state index is 12.2. The molecule has 5 heteroatoms. The molecule has 0 bridgehead atoms. The van der Waals surface area contributed by atoms with Gasteiger partial charge in [-0.1, -0.05) is 13.3 Å². The van der Waals surface area contributed by atoms with E-state index in [-0.39, 0.29) is 5.91 Å². The summed E-state index contributed by atoms with van der Waals surface area (Å²) in [6, 6.07) is 0. The van der Waals surface area contributed by atoms with Gasteiger partial charge < -0.3 is 9.80 Å². The first-order valence-corrected chi connectivity index (χ1v) is 9.12. The van der Waals surface area contributed by atoms with Crippen molar-refractivity contribution in [2.45, 2.75) is 32.6 Å². The second-order valence-corrected chi connectivity index (χ2v) is 7.01. The van der Waals surface area contributed by atoms with Crippen LogP contribution in [-0.2, 0) is 4.79 Å². The number of unbranched alkanes of at least 4 members (excludes halogenated alkanes) is 1. The Morgan fingerprint density at radius 1 is 1.50 bits per heavy atom. The molecule has 0 aromatic carbocycles. The maximum Gasteiger partial charge on any atom is 0.246 e. The van der Waals surface area contributed by atoms with Gasteiger partial charge in [0.1, 0.15) is 5.01 Å². The van der Waals surface area contributed by atoms with Gasteiger partial charge in [-0.05, 0) is 44.8 Å². The molecule has 0 spiro atoms. The Bertz CT molecular complexity index is 464. The number of thiazole rings is 1. The van der Waals surface area contributed by atoms with Gasteiger partial charge in [0.05, 0.1) is 0 Å². The highest BCUT2D eigenvalue weighted by molar-refractivity contribution is 7.10. The highest BCUT2D eigenvalue weighted by Gasteiger charge is 2.22. The molecule has 0 unspecified atom stereocenters. The number of carbonyl (C=O) groups is 1. The van der Waals surface area contributed by atoms with E-state index >= 15 is 0 Å². The van der Waals surface area contributed by atoms with E-state index in [0.29, 0.717) is 0 Å². The van der Waals surface area contributed by atoms with Gasteiger partial charge in [0.15, 0.2) is 0 Å². The minimum Gasteiger partial charge on any atom is -0.339 e. The third kappa shape index (κ3) is 5.54. The summed E-state index contributed by atoms with van der Waals surface area (Å²) in [5, 5.41) is 2.81. The minimum atomic E-state index is 0.119. The van der Waals surface area contributed by atoms with Gasteiger partial charge in [0, 0.05) is 37.3 Å². The lowest BCUT2D eigenvalue weighted by atomic mass is 9.96. The minimum absolute atomic E-state index is 0.119. The zero-order valence-corrected chi connectivity index (χ0v) is 14.5. The van der Waals surface area contributed by atoms with E-state index in [9.17, 15) is 4.79 Å². The fourth-order valence-electron chi connectivity index (χ4n) is 2.86. The van der Waals surface area contributed by atoms with Crippen LogP contribution in [0.25, 0.3) is 6.08 Å². The number of hydrogen-bond acceptors (Lipinski definition) is 4. The van der Waals surface area contributed by atoms with Gasteiger partial charge in [-0.3, -0.25) is 4.79 Å². The van der Waals surface area contributed by atoms with Crippen LogP contribution in [0, 0.1) is 5.92 Å². The summed E-state index contributed by atoms with van der Waals surface area (Å²) in [5.74, 6) is 0.849.